The molecule has 1 aliphatic carbocycles. The Hall–Kier alpha value is -2.42. The largest absolute Gasteiger partial charge is 0.273 e. The second-order valence-corrected chi connectivity index (χ2v) is 7.17. The highest BCUT2D eigenvalue weighted by atomic mass is 16.2. The Kier molecular flexibility index (Phi) is 6.59. The van der Waals surface area contributed by atoms with E-state index in [0.29, 0.717) is 12.3 Å². The Labute approximate surface area is 156 Å². The molecule has 136 valence electrons. The van der Waals surface area contributed by atoms with Crippen LogP contribution < -0.4 is 5.43 Å². The van der Waals surface area contributed by atoms with Gasteiger partial charge in [-0.05, 0) is 48.8 Å². The van der Waals surface area contributed by atoms with E-state index < -0.39 is 0 Å². The molecule has 0 unspecified atom stereocenters. The standard InChI is InChI=1S/C23H28N2O/c1-18(24-25-23(26)17-12-19-8-4-2-5-9-19)20-13-15-22(16-14-20)21-10-6-3-7-11-21/h2,4-5,8-9,13-16,21H,3,6-7,10-12,17H2,1H3,(H,25,26). The molecule has 0 spiro atoms. The number of rotatable bonds is 6. The van der Waals surface area contributed by atoms with Crippen LogP contribution in [0.1, 0.15) is 68.1 Å². The first kappa shape index (κ1) is 18.4. The number of nitrogens with zero attached hydrogens (tertiary/aromatic N) is 1. The monoisotopic (exact) mass is 348 g/mol. The molecular weight excluding hydrogens is 320 g/mol. The number of amides is 1. The van der Waals surface area contributed by atoms with Crippen molar-refractivity contribution in [1.29, 1.82) is 0 Å². The zero-order chi connectivity index (χ0) is 18.2. The van der Waals surface area contributed by atoms with E-state index in [4.69, 9.17) is 0 Å². The van der Waals surface area contributed by atoms with Gasteiger partial charge in [-0.25, -0.2) is 5.43 Å². The van der Waals surface area contributed by atoms with Crippen molar-refractivity contribution in [3.8, 4) is 0 Å². The Morgan fingerprint density at radius 2 is 1.69 bits per heavy atom. The Morgan fingerprint density at radius 3 is 2.38 bits per heavy atom. The Bertz CT molecular complexity index is 729. The van der Waals surface area contributed by atoms with E-state index in [2.05, 4.69) is 34.8 Å². The van der Waals surface area contributed by atoms with Crippen molar-refractivity contribution in [3.63, 3.8) is 0 Å². The quantitative estimate of drug-likeness (QED) is 0.565. The van der Waals surface area contributed by atoms with Crippen LogP contribution in [0.2, 0.25) is 0 Å². The SMILES string of the molecule is CC(=NNC(=O)CCc1ccccc1)c1ccc(C2CCCCC2)cc1. The van der Waals surface area contributed by atoms with Crippen molar-refractivity contribution in [2.45, 2.75) is 57.8 Å². The van der Waals surface area contributed by atoms with Gasteiger partial charge in [-0.3, -0.25) is 4.79 Å². The van der Waals surface area contributed by atoms with Gasteiger partial charge in [-0.15, -0.1) is 0 Å². The topological polar surface area (TPSA) is 41.5 Å². The fourth-order valence-corrected chi connectivity index (χ4v) is 3.60. The molecule has 0 aromatic heterocycles. The summed E-state index contributed by atoms with van der Waals surface area (Å²) >= 11 is 0. The summed E-state index contributed by atoms with van der Waals surface area (Å²) in [6.45, 7) is 1.94. The summed E-state index contributed by atoms with van der Waals surface area (Å²) in [5, 5.41) is 4.27. The highest BCUT2D eigenvalue weighted by Crippen LogP contribution is 2.32. The maximum absolute atomic E-state index is 12.0. The molecule has 1 fully saturated rings. The number of hydrogen-bond acceptors (Lipinski definition) is 2. The van der Waals surface area contributed by atoms with E-state index in [0.717, 1.165) is 17.7 Å². The van der Waals surface area contributed by atoms with E-state index in [1.54, 1.807) is 0 Å². The molecule has 0 heterocycles. The molecule has 2 aromatic carbocycles. The van der Waals surface area contributed by atoms with Gasteiger partial charge in [0.25, 0.3) is 0 Å². The summed E-state index contributed by atoms with van der Waals surface area (Å²) in [6, 6.07) is 18.7. The van der Waals surface area contributed by atoms with Crippen molar-refractivity contribution in [3.05, 3.63) is 71.3 Å². The summed E-state index contributed by atoms with van der Waals surface area (Å²) in [5.41, 5.74) is 7.19. The molecule has 1 amide bonds. The van der Waals surface area contributed by atoms with Crippen molar-refractivity contribution < 1.29 is 4.79 Å². The fourth-order valence-electron chi connectivity index (χ4n) is 3.60. The predicted molar refractivity (Wildman–Crippen MR) is 107 cm³/mol. The fraction of sp³-hybridized carbons (Fsp3) is 0.391. The van der Waals surface area contributed by atoms with Gasteiger partial charge in [0.05, 0.1) is 5.71 Å². The van der Waals surface area contributed by atoms with Crippen LogP contribution in [0.4, 0.5) is 0 Å². The summed E-state index contributed by atoms with van der Waals surface area (Å²) in [6.07, 6.45) is 7.88. The number of carbonyl (C=O) groups is 1. The van der Waals surface area contributed by atoms with Crippen LogP contribution >= 0.6 is 0 Å². The van der Waals surface area contributed by atoms with Crippen LogP contribution in [0.15, 0.2) is 59.7 Å². The first-order valence-electron chi connectivity index (χ1n) is 9.70. The Morgan fingerprint density at radius 1 is 1.00 bits per heavy atom. The summed E-state index contributed by atoms with van der Waals surface area (Å²) in [5.74, 6) is 0.666. The molecule has 0 saturated heterocycles. The van der Waals surface area contributed by atoms with Gasteiger partial charge in [0.2, 0.25) is 5.91 Å². The van der Waals surface area contributed by atoms with Crippen LogP contribution in [0, 0.1) is 0 Å². The second-order valence-electron chi connectivity index (χ2n) is 7.17. The van der Waals surface area contributed by atoms with Crippen LogP contribution in [0.3, 0.4) is 0 Å². The minimum atomic E-state index is -0.0490. The normalized spacial score (nSPS) is 15.7. The molecule has 26 heavy (non-hydrogen) atoms. The lowest BCUT2D eigenvalue weighted by molar-refractivity contribution is -0.121. The van der Waals surface area contributed by atoms with Crippen LogP contribution in [0.25, 0.3) is 0 Å². The number of carbonyl (C=O) groups excluding carboxylic acids is 1. The van der Waals surface area contributed by atoms with Gasteiger partial charge in [0.1, 0.15) is 0 Å². The van der Waals surface area contributed by atoms with Crippen LogP contribution in [-0.2, 0) is 11.2 Å². The van der Waals surface area contributed by atoms with E-state index in [1.165, 1.54) is 43.2 Å². The lowest BCUT2D eigenvalue weighted by Gasteiger charge is -2.22. The maximum atomic E-state index is 12.0. The van der Waals surface area contributed by atoms with Gasteiger partial charge in [-0.2, -0.15) is 5.10 Å². The maximum Gasteiger partial charge on any atom is 0.240 e. The number of benzene rings is 2. The first-order chi connectivity index (χ1) is 12.7. The summed E-state index contributed by atoms with van der Waals surface area (Å²) in [4.78, 5) is 12.0. The van der Waals surface area contributed by atoms with Gasteiger partial charge in [-0.1, -0.05) is 73.9 Å². The summed E-state index contributed by atoms with van der Waals surface area (Å²) < 4.78 is 0. The minimum absolute atomic E-state index is 0.0490. The molecule has 3 heteroatoms. The molecule has 3 rings (SSSR count). The van der Waals surface area contributed by atoms with Gasteiger partial charge in [0.15, 0.2) is 0 Å². The zero-order valence-corrected chi connectivity index (χ0v) is 15.6. The number of hydrazone groups is 1. The average Bonchev–Trinajstić information content (AvgIpc) is 2.72. The van der Waals surface area contributed by atoms with E-state index in [1.807, 2.05) is 37.3 Å². The highest BCUT2D eigenvalue weighted by Gasteiger charge is 2.15. The number of aryl methyl sites for hydroxylation is 1. The highest BCUT2D eigenvalue weighted by molar-refractivity contribution is 5.99. The summed E-state index contributed by atoms with van der Waals surface area (Å²) in [7, 11) is 0. The van der Waals surface area contributed by atoms with Crippen LogP contribution in [-0.4, -0.2) is 11.6 Å². The van der Waals surface area contributed by atoms with Crippen molar-refractivity contribution in [2.24, 2.45) is 5.10 Å². The average molecular weight is 348 g/mol. The van der Waals surface area contributed by atoms with E-state index in [9.17, 15) is 4.79 Å². The van der Waals surface area contributed by atoms with Crippen LogP contribution in [0.5, 0.6) is 0 Å². The third-order valence-corrected chi connectivity index (χ3v) is 5.24. The predicted octanol–water partition coefficient (Wildman–Crippen LogP) is 5.21. The molecule has 1 N–H and O–H groups in total. The molecule has 1 saturated carbocycles. The van der Waals surface area contributed by atoms with E-state index in [-0.39, 0.29) is 5.91 Å². The van der Waals surface area contributed by atoms with Crippen molar-refractivity contribution >= 4 is 11.6 Å². The molecule has 1 aliphatic rings. The van der Waals surface area contributed by atoms with E-state index >= 15 is 0 Å². The third kappa shape index (κ3) is 5.29. The minimum Gasteiger partial charge on any atom is -0.273 e. The van der Waals surface area contributed by atoms with Gasteiger partial charge in [0, 0.05) is 6.42 Å². The Balaban J connectivity index is 1.51. The van der Waals surface area contributed by atoms with Crippen molar-refractivity contribution in [2.75, 3.05) is 0 Å². The zero-order valence-electron chi connectivity index (χ0n) is 15.6. The number of hydrogen-bond donors (Lipinski definition) is 1. The molecule has 3 nitrogen and oxygen atoms in total. The first-order valence-corrected chi connectivity index (χ1v) is 9.70. The second kappa shape index (κ2) is 9.33. The lowest BCUT2D eigenvalue weighted by atomic mass is 9.84. The van der Waals surface area contributed by atoms with Gasteiger partial charge < -0.3 is 0 Å². The lowest BCUT2D eigenvalue weighted by Crippen LogP contribution is -2.19. The van der Waals surface area contributed by atoms with Crippen molar-refractivity contribution in [1.82, 2.24) is 5.43 Å². The smallest absolute Gasteiger partial charge is 0.240 e. The molecule has 0 aliphatic heterocycles. The molecule has 2 aromatic rings. The molecular formula is C23H28N2O. The molecule has 0 bridgehead atoms. The number of nitrogens with one attached hydrogen (secondary N) is 1. The molecule has 0 atom stereocenters. The van der Waals surface area contributed by atoms with Gasteiger partial charge >= 0.3 is 0 Å². The molecule has 0 radical (unpaired) electrons. The third-order valence-electron chi connectivity index (χ3n) is 5.24.